The molecule has 6 nitrogen and oxygen atoms in total. The molecule has 0 bridgehead atoms. The smallest absolute Gasteiger partial charge is 0.320 e. The molecule has 2 rings (SSSR count). The van der Waals surface area contributed by atoms with Crippen LogP contribution in [-0.2, 0) is 14.3 Å². The number of Topliss-reactive ketones (excluding diaryl/α,β-unsaturated/α-hetero) is 1. The van der Waals surface area contributed by atoms with Crippen molar-refractivity contribution in [3.63, 3.8) is 0 Å². The number of nitrogens with one attached hydrogen (secondary N) is 1. The summed E-state index contributed by atoms with van der Waals surface area (Å²) in [5.41, 5.74) is 2.45. The van der Waals surface area contributed by atoms with E-state index in [0.29, 0.717) is 25.3 Å². The number of hydrogen-bond acceptors (Lipinski definition) is 5. The molecule has 0 aliphatic heterocycles. The molecule has 24 heavy (non-hydrogen) atoms. The Labute approximate surface area is 141 Å². The maximum absolute atomic E-state index is 12.8. The first-order chi connectivity index (χ1) is 11.6. The maximum Gasteiger partial charge on any atom is 0.320 e. The molecule has 130 valence electrons. The van der Waals surface area contributed by atoms with Crippen molar-refractivity contribution in [3.8, 4) is 0 Å². The van der Waals surface area contributed by atoms with Gasteiger partial charge in [0.15, 0.2) is 5.78 Å². The first-order valence-electron chi connectivity index (χ1n) is 8.04. The number of aromatic nitrogens is 1. The Morgan fingerprint density at radius 3 is 2.67 bits per heavy atom. The Morgan fingerprint density at radius 1 is 1.21 bits per heavy atom. The Bertz CT molecular complexity index is 708. The molecule has 1 N–H and O–H groups in total. The minimum atomic E-state index is -0.336. The van der Waals surface area contributed by atoms with Gasteiger partial charge in [-0.15, -0.1) is 0 Å². The molecule has 0 spiro atoms. The lowest BCUT2D eigenvalue weighted by Gasteiger charge is -2.20. The van der Waals surface area contributed by atoms with Crippen LogP contribution >= 0.6 is 0 Å². The van der Waals surface area contributed by atoms with Crippen LogP contribution in [0.2, 0.25) is 0 Å². The monoisotopic (exact) mass is 332 g/mol. The van der Waals surface area contributed by atoms with Crippen LogP contribution in [0.3, 0.4) is 0 Å². The predicted molar refractivity (Wildman–Crippen MR) is 92.3 cm³/mol. The fourth-order valence-corrected chi connectivity index (χ4v) is 2.74. The number of benzene rings is 1. The van der Waals surface area contributed by atoms with Crippen LogP contribution in [0.15, 0.2) is 24.3 Å². The average molecular weight is 332 g/mol. The van der Waals surface area contributed by atoms with Gasteiger partial charge in [0.05, 0.1) is 26.3 Å². The van der Waals surface area contributed by atoms with Crippen LogP contribution in [0.25, 0.3) is 10.9 Å². The van der Waals surface area contributed by atoms with E-state index in [2.05, 4.69) is 4.98 Å². The standard InChI is InChI=1S/C18H24N2O4/c1-4-24-17(22)12-20(9-10-23-3)11-16(21)18-13(2)19-15-8-6-5-7-14(15)18/h5-8,19H,4,9-12H2,1-3H3. The van der Waals surface area contributed by atoms with Crippen molar-refractivity contribution in [2.45, 2.75) is 13.8 Å². The molecule has 0 aliphatic carbocycles. The van der Waals surface area contributed by atoms with Crippen molar-refractivity contribution in [1.29, 1.82) is 0 Å². The van der Waals surface area contributed by atoms with Gasteiger partial charge < -0.3 is 14.5 Å². The van der Waals surface area contributed by atoms with E-state index < -0.39 is 0 Å². The first kappa shape index (κ1) is 18.2. The lowest BCUT2D eigenvalue weighted by molar-refractivity contribution is -0.144. The molecule has 1 aromatic carbocycles. The van der Waals surface area contributed by atoms with E-state index in [4.69, 9.17) is 9.47 Å². The van der Waals surface area contributed by atoms with Gasteiger partial charge in [-0.2, -0.15) is 0 Å². The van der Waals surface area contributed by atoms with E-state index in [-0.39, 0.29) is 24.8 Å². The minimum Gasteiger partial charge on any atom is -0.465 e. The zero-order valence-electron chi connectivity index (χ0n) is 14.4. The number of hydrogen-bond donors (Lipinski definition) is 1. The van der Waals surface area contributed by atoms with E-state index in [0.717, 1.165) is 16.6 Å². The number of carbonyl (C=O) groups excluding carboxylic acids is 2. The number of carbonyl (C=O) groups is 2. The number of ketones is 1. The van der Waals surface area contributed by atoms with Gasteiger partial charge in [0.1, 0.15) is 0 Å². The molecule has 0 unspecified atom stereocenters. The number of aromatic amines is 1. The van der Waals surface area contributed by atoms with Crippen molar-refractivity contribution in [1.82, 2.24) is 9.88 Å². The molecule has 2 aromatic rings. The normalized spacial score (nSPS) is 11.2. The summed E-state index contributed by atoms with van der Waals surface area (Å²) in [6.45, 7) is 5.12. The van der Waals surface area contributed by atoms with E-state index in [1.807, 2.05) is 31.2 Å². The van der Waals surface area contributed by atoms with Gasteiger partial charge in [0.2, 0.25) is 0 Å². The number of para-hydroxylation sites is 1. The van der Waals surface area contributed by atoms with Crippen LogP contribution in [0.1, 0.15) is 23.0 Å². The highest BCUT2D eigenvalue weighted by Gasteiger charge is 2.20. The van der Waals surface area contributed by atoms with E-state index in [9.17, 15) is 9.59 Å². The number of methoxy groups -OCH3 is 1. The van der Waals surface area contributed by atoms with E-state index in [1.54, 1.807) is 18.9 Å². The number of ether oxygens (including phenoxy) is 2. The molecular formula is C18H24N2O4. The molecule has 0 saturated carbocycles. The number of nitrogens with zero attached hydrogens (tertiary/aromatic N) is 1. The van der Waals surface area contributed by atoms with Gasteiger partial charge >= 0.3 is 5.97 Å². The number of rotatable bonds is 9. The van der Waals surface area contributed by atoms with E-state index in [1.165, 1.54) is 0 Å². The van der Waals surface area contributed by atoms with Gasteiger partial charge in [-0.1, -0.05) is 18.2 Å². The largest absolute Gasteiger partial charge is 0.465 e. The molecule has 1 heterocycles. The zero-order valence-corrected chi connectivity index (χ0v) is 14.4. The molecule has 0 amide bonds. The van der Waals surface area contributed by atoms with Gasteiger partial charge in [-0.3, -0.25) is 14.5 Å². The Hall–Kier alpha value is -2.18. The molecule has 6 heteroatoms. The number of H-pyrrole nitrogens is 1. The van der Waals surface area contributed by atoms with Crippen LogP contribution < -0.4 is 0 Å². The summed E-state index contributed by atoms with van der Waals surface area (Å²) >= 11 is 0. The summed E-state index contributed by atoms with van der Waals surface area (Å²) in [6.07, 6.45) is 0. The molecule has 0 atom stereocenters. The summed E-state index contributed by atoms with van der Waals surface area (Å²) in [6, 6.07) is 7.71. The predicted octanol–water partition coefficient (Wildman–Crippen LogP) is 2.17. The fraction of sp³-hybridized carbons (Fsp3) is 0.444. The second-order valence-electron chi connectivity index (χ2n) is 5.60. The van der Waals surface area contributed by atoms with Gasteiger partial charge in [0.25, 0.3) is 0 Å². The number of aryl methyl sites for hydroxylation is 1. The van der Waals surface area contributed by atoms with Crippen molar-refractivity contribution in [2.75, 3.05) is 40.0 Å². The summed E-state index contributed by atoms with van der Waals surface area (Å²) < 4.78 is 10.0. The topological polar surface area (TPSA) is 71.6 Å². The highest BCUT2D eigenvalue weighted by molar-refractivity contribution is 6.10. The zero-order chi connectivity index (χ0) is 17.5. The Kier molecular flexibility index (Phi) is 6.52. The Balaban J connectivity index is 2.16. The quantitative estimate of drug-likeness (QED) is 0.563. The van der Waals surface area contributed by atoms with Crippen LogP contribution in [-0.4, -0.2) is 61.6 Å². The van der Waals surface area contributed by atoms with Crippen LogP contribution in [0, 0.1) is 6.92 Å². The lowest BCUT2D eigenvalue weighted by Crippen LogP contribution is -2.37. The van der Waals surface area contributed by atoms with Crippen molar-refractivity contribution in [3.05, 3.63) is 35.5 Å². The number of esters is 1. The molecule has 1 aromatic heterocycles. The van der Waals surface area contributed by atoms with Gasteiger partial charge in [-0.05, 0) is 19.9 Å². The first-order valence-corrected chi connectivity index (χ1v) is 8.04. The SMILES string of the molecule is CCOC(=O)CN(CCOC)CC(=O)c1c(C)[nH]c2ccccc12. The highest BCUT2D eigenvalue weighted by atomic mass is 16.5. The molecular weight excluding hydrogens is 308 g/mol. The molecule has 0 fully saturated rings. The third-order valence-electron chi connectivity index (χ3n) is 3.81. The van der Waals surface area contributed by atoms with Gasteiger partial charge in [0, 0.05) is 35.8 Å². The summed E-state index contributed by atoms with van der Waals surface area (Å²) in [4.78, 5) is 29.5. The van der Waals surface area contributed by atoms with Crippen LogP contribution in [0.4, 0.5) is 0 Å². The van der Waals surface area contributed by atoms with Gasteiger partial charge in [-0.25, -0.2) is 0 Å². The highest BCUT2D eigenvalue weighted by Crippen LogP contribution is 2.22. The third kappa shape index (κ3) is 4.43. The minimum absolute atomic E-state index is 0.0228. The Morgan fingerprint density at radius 2 is 1.96 bits per heavy atom. The molecule has 0 aliphatic rings. The molecule has 0 saturated heterocycles. The maximum atomic E-state index is 12.8. The fourth-order valence-electron chi connectivity index (χ4n) is 2.74. The van der Waals surface area contributed by atoms with Crippen molar-refractivity contribution < 1.29 is 19.1 Å². The second kappa shape index (κ2) is 8.61. The summed E-state index contributed by atoms with van der Waals surface area (Å²) in [5, 5.41) is 0.905. The summed E-state index contributed by atoms with van der Waals surface area (Å²) in [7, 11) is 1.59. The molecule has 0 radical (unpaired) electrons. The second-order valence-corrected chi connectivity index (χ2v) is 5.60. The lowest BCUT2D eigenvalue weighted by atomic mass is 10.1. The van der Waals surface area contributed by atoms with Crippen molar-refractivity contribution >= 4 is 22.7 Å². The summed E-state index contributed by atoms with van der Waals surface area (Å²) in [5.74, 6) is -0.359. The van der Waals surface area contributed by atoms with Crippen LogP contribution in [0.5, 0.6) is 0 Å². The van der Waals surface area contributed by atoms with E-state index >= 15 is 0 Å². The van der Waals surface area contributed by atoms with Crippen molar-refractivity contribution in [2.24, 2.45) is 0 Å². The number of fused-ring (bicyclic) bond motifs is 1. The third-order valence-corrected chi connectivity index (χ3v) is 3.81. The average Bonchev–Trinajstić information content (AvgIpc) is 2.88.